The second kappa shape index (κ2) is 7.01. The summed E-state index contributed by atoms with van der Waals surface area (Å²) in [7, 11) is 4.10. The molecule has 0 radical (unpaired) electrons. The van der Waals surface area contributed by atoms with Crippen LogP contribution < -0.4 is 5.32 Å². The fourth-order valence-corrected chi connectivity index (χ4v) is 2.26. The van der Waals surface area contributed by atoms with Crippen LogP contribution in [0.4, 0.5) is 5.82 Å². The number of hydrogen-bond acceptors (Lipinski definition) is 5. The molecule has 0 spiro atoms. The first kappa shape index (κ1) is 15.9. The molecule has 0 aliphatic heterocycles. The van der Waals surface area contributed by atoms with E-state index in [1.165, 1.54) is 5.56 Å². The summed E-state index contributed by atoms with van der Waals surface area (Å²) >= 11 is 0. The Morgan fingerprint density at radius 1 is 1.18 bits per heavy atom. The van der Waals surface area contributed by atoms with E-state index in [0.717, 1.165) is 23.4 Å². The average molecular weight is 295 g/mol. The minimum atomic E-state index is 0.545. The highest BCUT2D eigenvalue weighted by Crippen LogP contribution is 2.18. The fraction of sp³-hybridized carbons (Fsp3) is 0.353. The van der Waals surface area contributed by atoms with Gasteiger partial charge in [0.25, 0.3) is 0 Å². The van der Waals surface area contributed by atoms with Gasteiger partial charge in [0, 0.05) is 13.1 Å². The maximum Gasteiger partial charge on any atom is 0.167 e. The highest BCUT2D eigenvalue weighted by Gasteiger charge is 2.10. The van der Waals surface area contributed by atoms with Crippen LogP contribution in [0.5, 0.6) is 0 Å². The van der Waals surface area contributed by atoms with Crippen LogP contribution in [0.15, 0.2) is 24.3 Å². The van der Waals surface area contributed by atoms with Crippen molar-refractivity contribution < 1.29 is 0 Å². The smallest absolute Gasteiger partial charge is 0.167 e. The van der Waals surface area contributed by atoms with E-state index in [1.807, 2.05) is 19.9 Å². The number of hydrogen-bond donors (Lipinski definition) is 1. The van der Waals surface area contributed by atoms with Crippen molar-refractivity contribution in [3.63, 3.8) is 0 Å². The molecule has 0 amide bonds. The van der Waals surface area contributed by atoms with Gasteiger partial charge in [-0.3, -0.25) is 0 Å². The Labute approximate surface area is 131 Å². The zero-order valence-electron chi connectivity index (χ0n) is 13.5. The minimum absolute atomic E-state index is 0.545. The second-order valence-electron chi connectivity index (χ2n) is 5.66. The van der Waals surface area contributed by atoms with Crippen LogP contribution in [-0.2, 0) is 13.1 Å². The molecule has 0 saturated carbocycles. The zero-order chi connectivity index (χ0) is 16.1. The molecular weight excluding hydrogens is 274 g/mol. The summed E-state index contributed by atoms with van der Waals surface area (Å²) < 4.78 is 0. The van der Waals surface area contributed by atoms with Crippen LogP contribution in [0.1, 0.15) is 27.9 Å². The molecule has 0 aliphatic rings. The number of nitrogens with one attached hydrogen (secondary N) is 1. The first-order chi connectivity index (χ1) is 10.5. The monoisotopic (exact) mass is 295 g/mol. The van der Waals surface area contributed by atoms with Gasteiger partial charge in [0.2, 0.25) is 0 Å². The molecule has 1 heterocycles. The van der Waals surface area contributed by atoms with Gasteiger partial charge in [-0.1, -0.05) is 24.3 Å². The van der Waals surface area contributed by atoms with Gasteiger partial charge in [0.1, 0.15) is 11.6 Å². The molecule has 0 bridgehead atoms. The predicted molar refractivity (Wildman–Crippen MR) is 87.4 cm³/mol. The van der Waals surface area contributed by atoms with Crippen molar-refractivity contribution >= 4 is 5.82 Å². The first-order valence-electron chi connectivity index (χ1n) is 7.21. The molecule has 5 heteroatoms. The third-order valence-electron chi connectivity index (χ3n) is 3.52. The first-order valence-corrected chi connectivity index (χ1v) is 7.21. The molecule has 114 valence electrons. The summed E-state index contributed by atoms with van der Waals surface area (Å²) in [6.45, 7) is 5.27. The Morgan fingerprint density at radius 2 is 1.91 bits per heavy atom. The molecule has 1 aromatic carbocycles. The molecule has 1 aromatic heterocycles. The van der Waals surface area contributed by atoms with Crippen molar-refractivity contribution in [3.05, 3.63) is 52.2 Å². The number of nitriles is 1. The Balaban J connectivity index is 2.14. The molecule has 2 aromatic rings. The van der Waals surface area contributed by atoms with Gasteiger partial charge >= 0.3 is 0 Å². The summed E-state index contributed by atoms with van der Waals surface area (Å²) in [5.74, 6) is 0.545. The summed E-state index contributed by atoms with van der Waals surface area (Å²) in [6, 6.07) is 10.6. The molecule has 0 saturated heterocycles. The van der Waals surface area contributed by atoms with Crippen molar-refractivity contribution in [3.8, 4) is 6.07 Å². The van der Waals surface area contributed by atoms with E-state index >= 15 is 0 Å². The standard InChI is InChI=1S/C17H21N5/c1-12-13(2)20-21-17(16(12)9-18)19-10-14-6-5-7-15(8-14)11-22(3)4/h5-8H,10-11H2,1-4H3,(H,19,21). The molecule has 0 atom stereocenters. The Bertz CT molecular complexity index is 701. The third-order valence-corrected chi connectivity index (χ3v) is 3.52. The molecule has 1 N–H and O–H groups in total. The van der Waals surface area contributed by atoms with Gasteiger partial charge in [-0.25, -0.2) is 0 Å². The van der Waals surface area contributed by atoms with E-state index in [-0.39, 0.29) is 0 Å². The Kier molecular flexibility index (Phi) is 5.08. The lowest BCUT2D eigenvalue weighted by molar-refractivity contribution is 0.402. The topological polar surface area (TPSA) is 64.8 Å². The molecular formula is C17H21N5. The number of rotatable bonds is 5. The van der Waals surface area contributed by atoms with Gasteiger partial charge in [-0.2, -0.15) is 10.4 Å². The fourth-order valence-electron chi connectivity index (χ4n) is 2.26. The van der Waals surface area contributed by atoms with Gasteiger partial charge in [-0.15, -0.1) is 5.10 Å². The lowest BCUT2D eigenvalue weighted by Crippen LogP contribution is -2.11. The number of anilines is 1. The SMILES string of the molecule is Cc1nnc(NCc2cccc(CN(C)C)c2)c(C#N)c1C. The second-order valence-corrected chi connectivity index (χ2v) is 5.66. The predicted octanol–water partition coefficient (Wildman–Crippen LogP) is 2.64. The van der Waals surface area contributed by atoms with Crippen LogP contribution in [-0.4, -0.2) is 29.2 Å². The average Bonchev–Trinajstić information content (AvgIpc) is 2.48. The zero-order valence-corrected chi connectivity index (χ0v) is 13.5. The summed E-state index contributed by atoms with van der Waals surface area (Å²) in [4.78, 5) is 2.13. The Morgan fingerprint density at radius 3 is 2.59 bits per heavy atom. The van der Waals surface area contributed by atoms with Crippen molar-refractivity contribution in [2.45, 2.75) is 26.9 Å². The van der Waals surface area contributed by atoms with Crippen molar-refractivity contribution in [1.82, 2.24) is 15.1 Å². The Hall–Kier alpha value is -2.45. The van der Waals surface area contributed by atoms with E-state index < -0.39 is 0 Å². The van der Waals surface area contributed by atoms with Crippen LogP contribution in [0.25, 0.3) is 0 Å². The van der Waals surface area contributed by atoms with Crippen LogP contribution in [0, 0.1) is 25.2 Å². The maximum atomic E-state index is 9.30. The maximum absolute atomic E-state index is 9.30. The molecule has 0 aliphatic carbocycles. The van der Waals surface area contributed by atoms with Gasteiger partial charge in [-0.05, 0) is 44.6 Å². The lowest BCUT2D eigenvalue weighted by atomic mass is 10.1. The van der Waals surface area contributed by atoms with Crippen LogP contribution in [0.2, 0.25) is 0 Å². The summed E-state index contributed by atoms with van der Waals surface area (Å²) in [6.07, 6.45) is 0. The van der Waals surface area contributed by atoms with E-state index in [1.54, 1.807) is 0 Å². The highest BCUT2D eigenvalue weighted by atomic mass is 15.2. The summed E-state index contributed by atoms with van der Waals surface area (Å²) in [5.41, 5.74) is 4.65. The largest absolute Gasteiger partial charge is 0.363 e. The van der Waals surface area contributed by atoms with E-state index in [2.05, 4.69) is 58.8 Å². The van der Waals surface area contributed by atoms with Gasteiger partial charge < -0.3 is 10.2 Å². The number of benzene rings is 1. The number of nitrogens with zero attached hydrogens (tertiary/aromatic N) is 4. The molecule has 5 nitrogen and oxygen atoms in total. The van der Waals surface area contributed by atoms with Crippen molar-refractivity contribution in [2.24, 2.45) is 0 Å². The van der Waals surface area contributed by atoms with Crippen LogP contribution >= 0.6 is 0 Å². The molecule has 2 rings (SSSR count). The van der Waals surface area contributed by atoms with Crippen molar-refractivity contribution in [2.75, 3.05) is 19.4 Å². The number of aromatic nitrogens is 2. The molecule has 0 fully saturated rings. The highest BCUT2D eigenvalue weighted by molar-refractivity contribution is 5.55. The minimum Gasteiger partial charge on any atom is -0.363 e. The molecule has 22 heavy (non-hydrogen) atoms. The number of aryl methyl sites for hydroxylation is 1. The van der Waals surface area contributed by atoms with E-state index in [0.29, 0.717) is 17.9 Å². The van der Waals surface area contributed by atoms with Gasteiger partial charge in [0.05, 0.1) is 5.69 Å². The quantitative estimate of drug-likeness (QED) is 0.918. The van der Waals surface area contributed by atoms with Crippen LogP contribution in [0.3, 0.4) is 0 Å². The molecule has 0 unspecified atom stereocenters. The summed E-state index contributed by atoms with van der Waals surface area (Å²) in [5, 5.41) is 20.7. The third kappa shape index (κ3) is 3.80. The lowest BCUT2D eigenvalue weighted by Gasteiger charge is -2.12. The van der Waals surface area contributed by atoms with Gasteiger partial charge in [0.15, 0.2) is 5.82 Å². The van der Waals surface area contributed by atoms with E-state index in [4.69, 9.17) is 0 Å². The van der Waals surface area contributed by atoms with E-state index in [9.17, 15) is 5.26 Å². The van der Waals surface area contributed by atoms with Crippen molar-refractivity contribution in [1.29, 1.82) is 5.26 Å². The normalized spacial score (nSPS) is 10.5.